The molecule has 2 aliphatic rings. The summed E-state index contributed by atoms with van der Waals surface area (Å²) < 4.78 is 2.03. The number of nitrogens with one attached hydrogen (secondary N) is 1. The van der Waals surface area contributed by atoms with Crippen LogP contribution in [0, 0.1) is 6.92 Å². The summed E-state index contributed by atoms with van der Waals surface area (Å²) in [7, 11) is 2.01. The molecule has 1 aromatic heterocycles. The number of benzene rings is 1. The molecule has 6 nitrogen and oxygen atoms in total. The molecule has 1 aromatic carbocycles. The molecule has 1 unspecified atom stereocenters. The van der Waals surface area contributed by atoms with Gasteiger partial charge in [-0.3, -0.25) is 0 Å². The van der Waals surface area contributed by atoms with Crippen LogP contribution in [0.1, 0.15) is 62.7 Å². The van der Waals surface area contributed by atoms with E-state index in [1.165, 1.54) is 37.7 Å². The second-order valence-corrected chi connectivity index (χ2v) is 8.94. The summed E-state index contributed by atoms with van der Waals surface area (Å²) in [5.41, 5.74) is 1.58. The van der Waals surface area contributed by atoms with E-state index in [1.807, 2.05) is 18.5 Å². The van der Waals surface area contributed by atoms with Crippen molar-refractivity contribution in [3.63, 3.8) is 0 Å². The van der Waals surface area contributed by atoms with Crippen molar-refractivity contribution in [2.24, 2.45) is 12.0 Å². The number of likely N-dealkylation sites (tertiary alicyclic amines) is 1. The number of hydrogen-bond donors (Lipinski definition) is 1. The summed E-state index contributed by atoms with van der Waals surface area (Å²) in [4.78, 5) is 7.46. The average molecular weight is 395 g/mol. The maximum Gasteiger partial charge on any atom is 0.194 e. The smallest absolute Gasteiger partial charge is 0.194 e. The molecule has 1 aliphatic carbocycles. The number of guanidine groups is 1. The van der Waals surface area contributed by atoms with Gasteiger partial charge in [0.05, 0.1) is 0 Å². The number of nitrogens with zero attached hydrogens (tertiary/aromatic N) is 5. The maximum atomic E-state index is 5.01. The van der Waals surface area contributed by atoms with Crippen LogP contribution in [0.2, 0.25) is 0 Å². The molecule has 2 fully saturated rings. The molecular weight excluding hydrogens is 360 g/mol. The van der Waals surface area contributed by atoms with E-state index in [0.717, 1.165) is 37.1 Å². The van der Waals surface area contributed by atoms with Crippen LogP contribution in [0.25, 0.3) is 0 Å². The number of aryl methyl sites for hydroxylation is 1. The van der Waals surface area contributed by atoms with Gasteiger partial charge in [-0.1, -0.05) is 56.5 Å². The van der Waals surface area contributed by atoms with Crippen molar-refractivity contribution in [2.45, 2.75) is 70.4 Å². The van der Waals surface area contributed by atoms with Gasteiger partial charge in [-0.2, -0.15) is 0 Å². The normalized spacial score (nSPS) is 23.6. The Morgan fingerprint density at radius 2 is 1.93 bits per heavy atom. The van der Waals surface area contributed by atoms with Gasteiger partial charge >= 0.3 is 0 Å². The summed E-state index contributed by atoms with van der Waals surface area (Å²) in [5, 5.41) is 12.3. The van der Waals surface area contributed by atoms with E-state index in [4.69, 9.17) is 4.99 Å². The lowest BCUT2D eigenvalue weighted by atomic mass is 9.82. The Kier molecular flexibility index (Phi) is 5.88. The lowest BCUT2D eigenvalue weighted by molar-refractivity contribution is 0.381. The highest BCUT2D eigenvalue weighted by Gasteiger charge is 2.37. The fourth-order valence-electron chi connectivity index (χ4n) is 4.62. The van der Waals surface area contributed by atoms with Crippen molar-refractivity contribution >= 4 is 5.96 Å². The molecule has 2 heterocycles. The van der Waals surface area contributed by atoms with Crippen LogP contribution in [0.5, 0.6) is 0 Å². The predicted octanol–water partition coefficient (Wildman–Crippen LogP) is 3.57. The molecule has 29 heavy (non-hydrogen) atoms. The third-order valence-electron chi connectivity index (χ3n) is 6.73. The molecule has 1 saturated heterocycles. The van der Waals surface area contributed by atoms with E-state index in [1.54, 1.807) is 0 Å². The number of rotatable bonds is 4. The molecule has 4 rings (SSSR count). The van der Waals surface area contributed by atoms with E-state index >= 15 is 0 Å². The second kappa shape index (κ2) is 8.56. The zero-order valence-corrected chi connectivity index (χ0v) is 18.1. The van der Waals surface area contributed by atoms with Gasteiger partial charge in [0.1, 0.15) is 12.4 Å². The Hall–Kier alpha value is -2.37. The van der Waals surface area contributed by atoms with E-state index in [9.17, 15) is 0 Å². The molecule has 0 spiro atoms. The van der Waals surface area contributed by atoms with Crippen LogP contribution in [-0.4, -0.2) is 44.8 Å². The third-order valence-corrected chi connectivity index (χ3v) is 6.73. The highest BCUT2D eigenvalue weighted by atomic mass is 15.3. The zero-order chi connectivity index (χ0) is 20.3. The van der Waals surface area contributed by atoms with Crippen LogP contribution in [0.15, 0.2) is 35.3 Å². The first kappa shape index (κ1) is 19.9. The summed E-state index contributed by atoms with van der Waals surface area (Å²) in [5.74, 6) is 2.88. The number of aliphatic imine (C=N–C) groups is 1. The molecule has 1 aliphatic heterocycles. The van der Waals surface area contributed by atoms with Gasteiger partial charge in [-0.05, 0) is 31.7 Å². The largest absolute Gasteiger partial charge is 0.353 e. The van der Waals surface area contributed by atoms with Gasteiger partial charge in [-0.25, -0.2) is 4.99 Å². The highest BCUT2D eigenvalue weighted by Crippen LogP contribution is 2.34. The summed E-state index contributed by atoms with van der Waals surface area (Å²) >= 11 is 0. The van der Waals surface area contributed by atoms with Crippen LogP contribution >= 0.6 is 0 Å². The van der Waals surface area contributed by atoms with Gasteiger partial charge in [0.25, 0.3) is 0 Å². The maximum absolute atomic E-state index is 5.01. The van der Waals surface area contributed by atoms with Gasteiger partial charge in [-0.15, -0.1) is 10.2 Å². The van der Waals surface area contributed by atoms with E-state index in [2.05, 4.69) is 57.7 Å². The molecule has 1 saturated carbocycles. The quantitative estimate of drug-likeness (QED) is 0.636. The Bertz CT molecular complexity index is 836. The predicted molar refractivity (Wildman–Crippen MR) is 117 cm³/mol. The van der Waals surface area contributed by atoms with Crippen molar-refractivity contribution in [1.29, 1.82) is 0 Å². The molecular formula is C23H34N6. The van der Waals surface area contributed by atoms with Crippen molar-refractivity contribution in [3.8, 4) is 0 Å². The van der Waals surface area contributed by atoms with E-state index in [-0.39, 0.29) is 5.41 Å². The Labute approximate surface area is 174 Å². The molecule has 0 amide bonds. The summed E-state index contributed by atoms with van der Waals surface area (Å²) in [6.07, 6.45) is 7.62. The van der Waals surface area contributed by atoms with Crippen molar-refractivity contribution < 1.29 is 0 Å². The van der Waals surface area contributed by atoms with Gasteiger partial charge in [0.2, 0.25) is 0 Å². The van der Waals surface area contributed by atoms with Gasteiger partial charge < -0.3 is 14.8 Å². The molecule has 1 N–H and O–H groups in total. The fraction of sp³-hybridized carbons (Fsp3) is 0.609. The first-order chi connectivity index (χ1) is 14.0. The Morgan fingerprint density at radius 3 is 2.62 bits per heavy atom. The lowest BCUT2D eigenvalue weighted by Gasteiger charge is -2.31. The molecule has 1 atom stereocenters. The highest BCUT2D eigenvalue weighted by molar-refractivity contribution is 5.81. The topological polar surface area (TPSA) is 58.3 Å². The second-order valence-electron chi connectivity index (χ2n) is 8.94. The molecule has 2 aromatic rings. The van der Waals surface area contributed by atoms with E-state index < -0.39 is 0 Å². The van der Waals surface area contributed by atoms with Crippen LogP contribution in [-0.2, 0) is 19.0 Å². The molecule has 156 valence electrons. The van der Waals surface area contributed by atoms with Crippen LogP contribution in [0.4, 0.5) is 0 Å². The standard InChI is InChI=1S/C23H34N6/c1-18-26-27-21(28(18)3)16-24-22(25-20-12-8-5-9-13-20)29-15-14-23(2,17-29)19-10-6-4-7-11-19/h4,6-7,10-11,20H,5,8-9,12-17H2,1-3H3,(H,24,25). The minimum atomic E-state index is 0.164. The lowest BCUT2D eigenvalue weighted by Crippen LogP contribution is -2.46. The third kappa shape index (κ3) is 4.46. The van der Waals surface area contributed by atoms with Crippen molar-refractivity contribution in [1.82, 2.24) is 25.0 Å². The average Bonchev–Trinajstić information content (AvgIpc) is 3.31. The minimum absolute atomic E-state index is 0.164. The van der Waals surface area contributed by atoms with Crippen LogP contribution < -0.4 is 5.32 Å². The van der Waals surface area contributed by atoms with Gasteiger partial charge in [0, 0.05) is 31.6 Å². The molecule has 6 heteroatoms. The Balaban J connectivity index is 1.53. The van der Waals surface area contributed by atoms with Crippen molar-refractivity contribution in [2.75, 3.05) is 13.1 Å². The minimum Gasteiger partial charge on any atom is -0.353 e. The zero-order valence-electron chi connectivity index (χ0n) is 18.1. The SMILES string of the molecule is Cc1nnc(CN=C(NC2CCCCC2)N2CCC(C)(c3ccccc3)C2)n1C. The fourth-order valence-corrected chi connectivity index (χ4v) is 4.62. The molecule has 0 bridgehead atoms. The molecule has 0 radical (unpaired) electrons. The van der Waals surface area contributed by atoms with Crippen LogP contribution in [0.3, 0.4) is 0 Å². The first-order valence-corrected chi connectivity index (χ1v) is 11.0. The van der Waals surface area contributed by atoms with E-state index in [0.29, 0.717) is 12.6 Å². The monoisotopic (exact) mass is 394 g/mol. The van der Waals surface area contributed by atoms with Crippen molar-refractivity contribution in [3.05, 3.63) is 47.5 Å². The summed E-state index contributed by atoms with van der Waals surface area (Å²) in [6.45, 7) is 6.94. The Morgan fingerprint density at radius 1 is 1.17 bits per heavy atom. The van der Waals surface area contributed by atoms with Gasteiger partial charge in [0.15, 0.2) is 11.8 Å². The number of hydrogen-bond acceptors (Lipinski definition) is 3. The first-order valence-electron chi connectivity index (χ1n) is 11.0. The summed E-state index contributed by atoms with van der Waals surface area (Å²) in [6, 6.07) is 11.4. The number of aromatic nitrogens is 3.